The van der Waals surface area contributed by atoms with Crippen LogP contribution in [-0.4, -0.2) is 15.7 Å². The lowest BCUT2D eigenvalue weighted by molar-refractivity contribution is -0.134. The highest BCUT2D eigenvalue weighted by atomic mass is 79.9. The topological polar surface area (TPSA) is 37.4 Å². The summed E-state index contributed by atoms with van der Waals surface area (Å²) >= 11 is 2.74. The minimum absolute atomic E-state index is 0.308. The summed E-state index contributed by atoms with van der Waals surface area (Å²) in [6.07, 6.45) is 0. The molecule has 3 nitrogen and oxygen atoms in total. The maximum atomic E-state index is 10.2. The predicted octanol–water partition coefficient (Wildman–Crippen LogP) is 0.691. The smallest absolute Gasteiger partial charge is 0.236 e. The molecule has 0 atom stereocenters. The minimum Gasteiger partial charge on any atom is -0.274 e. The SMILES string of the molecule is CC(=O)N(Br)C(C)=O. The van der Waals surface area contributed by atoms with E-state index in [0.29, 0.717) is 0 Å². The number of carbonyl (C=O) groups excluding carboxylic acids is 2. The summed E-state index contributed by atoms with van der Waals surface area (Å²) in [5.74, 6) is -0.616. The van der Waals surface area contributed by atoms with Crippen LogP contribution in [0.3, 0.4) is 0 Å². The number of imide groups is 1. The van der Waals surface area contributed by atoms with E-state index >= 15 is 0 Å². The van der Waals surface area contributed by atoms with Crippen LogP contribution >= 0.6 is 16.1 Å². The molecule has 0 fully saturated rings. The lowest BCUT2D eigenvalue weighted by Gasteiger charge is -2.03. The van der Waals surface area contributed by atoms with Crippen LogP contribution in [-0.2, 0) is 9.59 Å². The molecule has 8 heavy (non-hydrogen) atoms. The van der Waals surface area contributed by atoms with Crippen LogP contribution in [0, 0.1) is 0 Å². The molecule has 0 spiro atoms. The summed E-state index contributed by atoms with van der Waals surface area (Å²) in [7, 11) is 0. The van der Waals surface area contributed by atoms with Gasteiger partial charge in [0.2, 0.25) is 11.8 Å². The molecule has 0 aromatic rings. The van der Waals surface area contributed by atoms with E-state index in [9.17, 15) is 9.59 Å². The molecule has 0 N–H and O–H groups in total. The Labute approximate surface area is 56.0 Å². The van der Waals surface area contributed by atoms with Crippen molar-refractivity contribution in [1.82, 2.24) is 3.93 Å². The Morgan fingerprint density at radius 3 is 1.50 bits per heavy atom. The molecule has 0 radical (unpaired) electrons. The van der Waals surface area contributed by atoms with E-state index in [4.69, 9.17) is 0 Å². The number of hydrogen-bond acceptors (Lipinski definition) is 2. The van der Waals surface area contributed by atoms with Crippen LogP contribution < -0.4 is 0 Å². The molecule has 0 aliphatic rings. The zero-order valence-electron chi connectivity index (χ0n) is 4.64. The van der Waals surface area contributed by atoms with Crippen LogP contribution in [0.15, 0.2) is 0 Å². The van der Waals surface area contributed by atoms with Gasteiger partial charge in [-0.3, -0.25) is 9.59 Å². The van der Waals surface area contributed by atoms with E-state index < -0.39 is 0 Å². The van der Waals surface area contributed by atoms with Crippen LogP contribution in [0.25, 0.3) is 0 Å². The molecule has 0 heterocycles. The Kier molecular flexibility index (Phi) is 2.68. The third-order valence-corrected chi connectivity index (χ3v) is 1.55. The second kappa shape index (κ2) is 2.81. The second-order valence-electron chi connectivity index (χ2n) is 1.32. The van der Waals surface area contributed by atoms with E-state index in [1.54, 1.807) is 0 Å². The van der Waals surface area contributed by atoms with Crippen molar-refractivity contribution < 1.29 is 9.59 Å². The molecular formula is C4H6BrNO2. The lowest BCUT2D eigenvalue weighted by Crippen LogP contribution is -2.22. The van der Waals surface area contributed by atoms with Crippen LogP contribution in [0.5, 0.6) is 0 Å². The molecule has 0 aromatic carbocycles. The monoisotopic (exact) mass is 179 g/mol. The van der Waals surface area contributed by atoms with E-state index in [0.717, 1.165) is 3.93 Å². The van der Waals surface area contributed by atoms with Gasteiger partial charge in [-0.1, -0.05) is 0 Å². The summed E-state index contributed by atoms with van der Waals surface area (Å²) in [4.78, 5) is 20.5. The fourth-order valence-corrected chi connectivity index (χ4v) is 0.222. The molecule has 0 bridgehead atoms. The van der Waals surface area contributed by atoms with Gasteiger partial charge in [0.15, 0.2) is 0 Å². The van der Waals surface area contributed by atoms with Crippen molar-refractivity contribution in [2.24, 2.45) is 0 Å². The first-order valence-corrected chi connectivity index (χ1v) is 2.73. The number of rotatable bonds is 0. The summed E-state index contributed by atoms with van der Waals surface area (Å²) < 4.78 is 0.868. The maximum Gasteiger partial charge on any atom is 0.236 e. The molecule has 0 saturated carbocycles. The summed E-state index contributed by atoms with van der Waals surface area (Å²) in [5, 5.41) is 0. The average Bonchev–Trinajstić information content (AvgIpc) is 1.64. The Morgan fingerprint density at radius 2 is 1.50 bits per heavy atom. The molecule has 0 aliphatic heterocycles. The van der Waals surface area contributed by atoms with Gasteiger partial charge in [0, 0.05) is 13.8 Å². The van der Waals surface area contributed by atoms with E-state index in [-0.39, 0.29) is 11.8 Å². The Balaban J connectivity index is 3.83. The molecule has 4 heteroatoms. The number of carbonyl (C=O) groups is 2. The zero-order valence-corrected chi connectivity index (χ0v) is 6.23. The number of hydrogen-bond donors (Lipinski definition) is 0. The van der Waals surface area contributed by atoms with Gasteiger partial charge in [-0.2, -0.15) is 0 Å². The first-order chi connectivity index (χ1) is 3.55. The van der Waals surface area contributed by atoms with Gasteiger partial charge in [0.25, 0.3) is 0 Å². The predicted molar refractivity (Wildman–Crippen MR) is 32.1 cm³/mol. The number of halogens is 1. The highest BCUT2D eigenvalue weighted by Crippen LogP contribution is 1.96. The van der Waals surface area contributed by atoms with Crippen LogP contribution in [0.2, 0.25) is 0 Å². The third-order valence-electron chi connectivity index (χ3n) is 0.553. The molecule has 0 saturated heterocycles. The molecule has 0 unspecified atom stereocenters. The van der Waals surface area contributed by atoms with E-state index in [2.05, 4.69) is 16.1 Å². The van der Waals surface area contributed by atoms with Gasteiger partial charge in [-0.15, -0.1) is 0 Å². The van der Waals surface area contributed by atoms with Gasteiger partial charge in [0.05, 0.1) is 16.1 Å². The van der Waals surface area contributed by atoms with Crippen molar-refractivity contribution in [2.45, 2.75) is 13.8 Å². The standard InChI is InChI=1S/C4H6BrNO2/c1-3(7)6(5)4(2)8/h1-2H3. The fourth-order valence-electron chi connectivity index (χ4n) is 0.222. The van der Waals surface area contributed by atoms with Crippen LogP contribution in [0.4, 0.5) is 0 Å². The van der Waals surface area contributed by atoms with Crippen molar-refractivity contribution in [3.8, 4) is 0 Å². The molecular weight excluding hydrogens is 174 g/mol. The Bertz CT molecular complexity index is 109. The van der Waals surface area contributed by atoms with Gasteiger partial charge in [-0.25, -0.2) is 3.93 Å². The highest BCUT2D eigenvalue weighted by Gasteiger charge is 2.07. The van der Waals surface area contributed by atoms with Crippen molar-refractivity contribution in [1.29, 1.82) is 0 Å². The number of amides is 2. The maximum absolute atomic E-state index is 10.2. The third kappa shape index (κ3) is 2.07. The molecule has 0 aliphatic carbocycles. The van der Waals surface area contributed by atoms with Crippen molar-refractivity contribution in [3.05, 3.63) is 0 Å². The van der Waals surface area contributed by atoms with Gasteiger partial charge < -0.3 is 0 Å². The molecule has 46 valence electrons. The quantitative estimate of drug-likeness (QED) is 0.514. The lowest BCUT2D eigenvalue weighted by atomic mass is 10.6. The van der Waals surface area contributed by atoms with E-state index in [1.807, 2.05) is 0 Å². The summed E-state index contributed by atoms with van der Waals surface area (Å²) in [5.41, 5.74) is 0. The fraction of sp³-hybridized carbons (Fsp3) is 0.500. The van der Waals surface area contributed by atoms with Crippen molar-refractivity contribution in [3.63, 3.8) is 0 Å². The van der Waals surface area contributed by atoms with E-state index in [1.165, 1.54) is 13.8 Å². The van der Waals surface area contributed by atoms with Gasteiger partial charge >= 0.3 is 0 Å². The minimum atomic E-state index is -0.308. The second-order valence-corrected chi connectivity index (χ2v) is 2.03. The average molecular weight is 180 g/mol. The first kappa shape index (κ1) is 7.62. The zero-order chi connectivity index (χ0) is 6.73. The summed E-state index contributed by atoms with van der Waals surface area (Å²) in [6.45, 7) is 2.60. The summed E-state index contributed by atoms with van der Waals surface area (Å²) in [6, 6.07) is 0. The van der Waals surface area contributed by atoms with Crippen molar-refractivity contribution >= 4 is 28.0 Å². The molecule has 0 aromatic heterocycles. The van der Waals surface area contributed by atoms with Gasteiger partial charge in [-0.05, 0) is 0 Å². The Hall–Kier alpha value is -0.380. The van der Waals surface area contributed by atoms with Gasteiger partial charge in [0.1, 0.15) is 0 Å². The normalized spacial score (nSPS) is 8.38. The molecule has 0 rings (SSSR count). The Morgan fingerprint density at radius 1 is 1.25 bits per heavy atom. The number of nitrogens with zero attached hydrogens (tertiary/aromatic N) is 1. The molecule has 2 amide bonds. The highest BCUT2D eigenvalue weighted by molar-refractivity contribution is 9.08. The van der Waals surface area contributed by atoms with Crippen molar-refractivity contribution in [2.75, 3.05) is 0 Å². The first-order valence-electron chi connectivity index (χ1n) is 2.02. The largest absolute Gasteiger partial charge is 0.274 e. The van der Waals surface area contributed by atoms with Crippen LogP contribution in [0.1, 0.15) is 13.8 Å².